The molecule has 2 aromatic rings. The third-order valence-corrected chi connectivity index (χ3v) is 3.29. The minimum absolute atomic E-state index is 0.304. The highest BCUT2D eigenvalue weighted by molar-refractivity contribution is 5.78. The van der Waals surface area contributed by atoms with Crippen molar-refractivity contribution in [1.29, 1.82) is 0 Å². The third-order valence-electron chi connectivity index (χ3n) is 3.29. The number of methoxy groups -OCH3 is 2. The molecule has 0 bridgehead atoms. The van der Waals surface area contributed by atoms with Gasteiger partial charge in [0.2, 0.25) is 0 Å². The van der Waals surface area contributed by atoms with Crippen molar-refractivity contribution in [3.8, 4) is 0 Å². The monoisotopic (exact) mass is 264 g/mol. The molecule has 0 aliphatic heterocycles. The fourth-order valence-electron chi connectivity index (χ4n) is 2.12. The van der Waals surface area contributed by atoms with Crippen LogP contribution in [0.25, 0.3) is 11.0 Å². The molecular formula is C15H20O4. The number of aliphatic hydroxyl groups is 1. The van der Waals surface area contributed by atoms with E-state index in [1.807, 2.05) is 31.2 Å². The molecular weight excluding hydrogens is 244 g/mol. The quantitative estimate of drug-likeness (QED) is 0.844. The van der Waals surface area contributed by atoms with Crippen LogP contribution in [-0.4, -0.2) is 25.6 Å². The zero-order chi connectivity index (χ0) is 14.0. The van der Waals surface area contributed by atoms with Crippen LogP contribution in [0.4, 0.5) is 0 Å². The predicted octanol–water partition coefficient (Wildman–Crippen LogP) is 2.96. The molecule has 1 unspecified atom stereocenters. The van der Waals surface area contributed by atoms with Crippen molar-refractivity contribution in [2.24, 2.45) is 0 Å². The van der Waals surface area contributed by atoms with E-state index in [-0.39, 0.29) is 0 Å². The Bertz CT molecular complexity index is 552. The zero-order valence-electron chi connectivity index (χ0n) is 11.8. The van der Waals surface area contributed by atoms with Gasteiger partial charge in [-0.1, -0.05) is 11.6 Å². The van der Waals surface area contributed by atoms with Gasteiger partial charge in [-0.05, 0) is 32.0 Å². The zero-order valence-corrected chi connectivity index (χ0v) is 11.8. The second kappa shape index (κ2) is 5.33. The molecule has 0 fully saturated rings. The lowest BCUT2D eigenvalue weighted by Gasteiger charge is -2.24. The number of hydrogen-bond acceptors (Lipinski definition) is 4. The summed E-state index contributed by atoms with van der Waals surface area (Å²) in [5, 5.41) is 11.5. The van der Waals surface area contributed by atoms with E-state index < -0.39 is 11.9 Å². The predicted molar refractivity (Wildman–Crippen MR) is 72.9 cm³/mol. The summed E-state index contributed by atoms with van der Waals surface area (Å²) in [5.74, 6) is 0.521. The Balaban J connectivity index is 2.31. The molecule has 2 rings (SSSR count). The van der Waals surface area contributed by atoms with E-state index >= 15 is 0 Å². The van der Waals surface area contributed by atoms with E-state index in [2.05, 4.69) is 0 Å². The first-order valence-electron chi connectivity index (χ1n) is 6.25. The average Bonchev–Trinajstić information content (AvgIpc) is 2.79. The van der Waals surface area contributed by atoms with Crippen LogP contribution >= 0.6 is 0 Å². The Morgan fingerprint density at radius 3 is 2.58 bits per heavy atom. The molecule has 4 heteroatoms. The molecule has 0 amide bonds. The number of ether oxygens (including phenoxy) is 2. The van der Waals surface area contributed by atoms with E-state index in [0.29, 0.717) is 12.2 Å². The van der Waals surface area contributed by atoms with Crippen molar-refractivity contribution in [3.63, 3.8) is 0 Å². The summed E-state index contributed by atoms with van der Waals surface area (Å²) in [6.45, 7) is 3.72. The van der Waals surface area contributed by atoms with Crippen molar-refractivity contribution < 1.29 is 19.0 Å². The van der Waals surface area contributed by atoms with Crippen LogP contribution in [0.2, 0.25) is 0 Å². The SMILES string of the molecule is COC(CC(C)(O)c1cc2cc(C)ccc2o1)OC. The number of fused-ring (bicyclic) bond motifs is 1. The number of benzene rings is 1. The summed E-state index contributed by atoms with van der Waals surface area (Å²) in [7, 11) is 3.10. The molecule has 0 saturated carbocycles. The first-order valence-corrected chi connectivity index (χ1v) is 6.25. The minimum atomic E-state index is -1.14. The summed E-state index contributed by atoms with van der Waals surface area (Å²) in [4.78, 5) is 0. The largest absolute Gasteiger partial charge is 0.458 e. The van der Waals surface area contributed by atoms with Gasteiger partial charge in [-0.2, -0.15) is 0 Å². The van der Waals surface area contributed by atoms with Crippen molar-refractivity contribution in [2.45, 2.75) is 32.2 Å². The van der Waals surface area contributed by atoms with Crippen LogP contribution in [0.5, 0.6) is 0 Å². The molecule has 0 saturated heterocycles. The third kappa shape index (κ3) is 2.97. The lowest BCUT2D eigenvalue weighted by Crippen LogP contribution is -2.29. The van der Waals surface area contributed by atoms with Gasteiger partial charge in [0.1, 0.15) is 16.9 Å². The lowest BCUT2D eigenvalue weighted by molar-refractivity contribution is -0.145. The second-order valence-corrected chi connectivity index (χ2v) is 5.03. The van der Waals surface area contributed by atoms with E-state index in [9.17, 15) is 5.11 Å². The topological polar surface area (TPSA) is 51.8 Å². The molecule has 4 nitrogen and oxygen atoms in total. The summed E-state index contributed by atoms with van der Waals surface area (Å²) in [6, 6.07) is 7.79. The van der Waals surface area contributed by atoms with Crippen molar-refractivity contribution in [3.05, 3.63) is 35.6 Å². The Labute approximate surface area is 112 Å². The average molecular weight is 264 g/mol. The molecule has 0 aliphatic carbocycles. The molecule has 0 radical (unpaired) electrons. The van der Waals surface area contributed by atoms with Crippen LogP contribution in [0, 0.1) is 6.92 Å². The van der Waals surface area contributed by atoms with Gasteiger partial charge in [0.15, 0.2) is 6.29 Å². The first-order chi connectivity index (χ1) is 8.96. The van der Waals surface area contributed by atoms with Gasteiger partial charge < -0.3 is 19.0 Å². The summed E-state index contributed by atoms with van der Waals surface area (Å²) >= 11 is 0. The smallest absolute Gasteiger partial charge is 0.160 e. The highest BCUT2D eigenvalue weighted by Gasteiger charge is 2.31. The van der Waals surface area contributed by atoms with E-state index in [0.717, 1.165) is 16.5 Å². The molecule has 1 heterocycles. The first kappa shape index (κ1) is 14.1. The minimum Gasteiger partial charge on any atom is -0.458 e. The summed E-state index contributed by atoms with van der Waals surface area (Å²) in [5.41, 5.74) is 0.794. The summed E-state index contributed by atoms with van der Waals surface area (Å²) in [6.07, 6.45) is -0.163. The Kier molecular flexibility index (Phi) is 3.94. The molecule has 19 heavy (non-hydrogen) atoms. The van der Waals surface area contributed by atoms with Gasteiger partial charge >= 0.3 is 0 Å². The maximum Gasteiger partial charge on any atom is 0.160 e. The van der Waals surface area contributed by atoms with Gasteiger partial charge in [-0.3, -0.25) is 0 Å². The molecule has 1 atom stereocenters. The Morgan fingerprint density at radius 2 is 1.95 bits per heavy atom. The standard InChI is InChI=1S/C15H20O4/c1-10-5-6-12-11(7-10)8-13(19-12)15(2,16)9-14(17-3)18-4/h5-8,14,16H,9H2,1-4H3. The number of hydrogen-bond donors (Lipinski definition) is 1. The van der Waals surface area contributed by atoms with Gasteiger partial charge in [-0.15, -0.1) is 0 Å². The van der Waals surface area contributed by atoms with E-state index in [1.54, 1.807) is 21.1 Å². The fraction of sp³-hybridized carbons (Fsp3) is 0.467. The maximum atomic E-state index is 10.5. The fourth-order valence-corrected chi connectivity index (χ4v) is 2.12. The highest BCUT2D eigenvalue weighted by atomic mass is 16.7. The maximum absolute atomic E-state index is 10.5. The molecule has 0 aliphatic rings. The number of rotatable bonds is 5. The normalized spacial score (nSPS) is 15.1. The lowest BCUT2D eigenvalue weighted by atomic mass is 9.98. The van der Waals surface area contributed by atoms with Gasteiger partial charge in [0.25, 0.3) is 0 Å². The second-order valence-electron chi connectivity index (χ2n) is 5.03. The van der Waals surface area contributed by atoms with E-state index in [4.69, 9.17) is 13.9 Å². The van der Waals surface area contributed by atoms with Crippen molar-refractivity contribution in [1.82, 2.24) is 0 Å². The van der Waals surface area contributed by atoms with Crippen LogP contribution < -0.4 is 0 Å². The number of furan rings is 1. The molecule has 0 spiro atoms. The van der Waals surface area contributed by atoms with Crippen LogP contribution in [-0.2, 0) is 15.1 Å². The highest BCUT2D eigenvalue weighted by Crippen LogP contribution is 2.32. The Hall–Kier alpha value is -1.36. The van der Waals surface area contributed by atoms with Gasteiger partial charge in [-0.25, -0.2) is 0 Å². The van der Waals surface area contributed by atoms with Crippen LogP contribution in [0.1, 0.15) is 24.7 Å². The molecule has 1 N–H and O–H groups in total. The molecule has 1 aromatic carbocycles. The van der Waals surface area contributed by atoms with Gasteiger partial charge in [0.05, 0.1) is 0 Å². The van der Waals surface area contributed by atoms with Crippen molar-refractivity contribution >= 4 is 11.0 Å². The Morgan fingerprint density at radius 1 is 1.26 bits per heavy atom. The molecule has 1 aromatic heterocycles. The van der Waals surface area contributed by atoms with Crippen molar-refractivity contribution in [2.75, 3.05) is 14.2 Å². The van der Waals surface area contributed by atoms with E-state index in [1.165, 1.54) is 0 Å². The molecule has 104 valence electrons. The van der Waals surface area contributed by atoms with Crippen LogP contribution in [0.15, 0.2) is 28.7 Å². The summed E-state index contributed by atoms with van der Waals surface area (Å²) < 4.78 is 16.0. The van der Waals surface area contributed by atoms with Gasteiger partial charge in [0, 0.05) is 26.0 Å². The number of aryl methyl sites for hydroxylation is 1. The van der Waals surface area contributed by atoms with Crippen LogP contribution in [0.3, 0.4) is 0 Å².